The fraction of sp³-hybridized carbons (Fsp3) is 0.167. The first kappa shape index (κ1) is 7.94. The molecule has 0 atom stereocenters. The number of halogens is 2. The largest absolute Gasteiger partial charge is 0.224 e. The van der Waals surface area contributed by atoms with E-state index in [-0.39, 0.29) is 0 Å². The summed E-state index contributed by atoms with van der Waals surface area (Å²) in [5.74, 6) is 0.678. The summed E-state index contributed by atoms with van der Waals surface area (Å²) < 4.78 is 2.24. The molecule has 0 saturated heterocycles. The van der Waals surface area contributed by atoms with Crippen molar-refractivity contribution >= 4 is 33.2 Å². The lowest BCUT2D eigenvalue weighted by Crippen LogP contribution is -1.90. The third kappa shape index (κ3) is 1.19. The molecule has 0 unspecified atom stereocenters. The van der Waals surface area contributed by atoms with E-state index >= 15 is 0 Å². The Morgan fingerprint density at radius 1 is 1.50 bits per heavy atom. The summed E-state index contributed by atoms with van der Waals surface area (Å²) in [5.41, 5.74) is 0.581. The monoisotopic (exact) mass is 246 g/mol. The number of aryl methyl sites for hydroxylation is 1. The topological polar surface area (TPSA) is 43.1 Å². The maximum atomic E-state index is 5.81. The van der Waals surface area contributed by atoms with Gasteiger partial charge >= 0.3 is 0 Å². The average molecular weight is 247 g/mol. The lowest BCUT2D eigenvalue weighted by atomic mass is 10.7. The maximum absolute atomic E-state index is 5.81. The van der Waals surface area contributed by atoms with Crippen LogP contribution in [0.15, 0.2) is 10.8 Å². The Kier molecular flexibility index (Phi) is 1.77. The van der Waals surface area contributed by atoms with E-state index in [4.69, 9.17) is 11.6 Å². The van der Waals surface area contributed by atoms with E-state index in [1.165, 1.54) is 0 Å². The van der Waals surface area contributed by atoms with Gasteiger partial charge in [0.15, 0.2) is 10.8 Å². The minimum atomic E-state index is 0.352. The summed E-state index contributed by atoms with van der Waals surface area (Å²) in [4.78, 5) is 8.06. The predicted molar refractivity (Wildman–Crippen MR) is 48.2 cm³/mol. The van der Waals surface area contributed by atoms with E-state index in [9.17, 15) is 0 Å². The molecule has 6 heteroatoms. The molecule has 0 spiro atoms. The zero-order valence-electron chi connectivity index (χ0n) is 6.12. The van der Waals surface area contributed by atoms with Crippen molar-refractivity contribution in [2.75, 3.05) is 0 Å². The van der Waals surface area contributed by atoms with Gasteiger partial charge in [0.2, 0.25) is 0 Å². The van der Waals surface area contributed by atoms with Crippen LogP contribution in [0.4, 0.5) is 0 Å². The second-order valence-electron chi connectivity index (χ2n) is 2.28. The van der Waals surface area contributed by atoms with Gasteiger partial charge in [0.1, 0.15) is 10.4 Å². The second kappa shape index (κ2) is 2.67. The lowest BCUT2D eigenvalue weighted by Gasteiger charge is -1.93. The molecule has 0 aliphatic rings. The van der Waals surface area contributed by atoms with Crippen LogP contribution >= 0.6 is 27.5 Å². The van der Waals surface area contributed by atoms with Crippen LogP contribution in [-0.4, -0.2) is 19.6 Å². The van der Waals surface area contributed by atoms with Gasteiger partial charge in [-0.2, -0.15) is 5.10 Å². The minimum Gasteiger partial charge on any atom is -0.224 e. The van der Waals surface area contributed by atoms with Crippen LogP contribution in [0.3, 0.4) is 0 Å². The van der Waals surface area contributed by atoms with Gasteiger partial charge in [-0.25, -0.2) is 14.5 Å². The van der Waals surface area contributed by atoms with E-state index in [0.717, 1.165) is 0 Å². The Morgan fingerprint density at radius 2 is 2.25 bits per heavy atom. The highest BCUT2D eigenvalue weighted by atomic mass is 79.9. The lowest BCUT2D eigenvalue weighted by molar-refractivity contribution is 0.913. The van der Waals surface area contributed by atoms with Crippen LogP contribution in [0.25, 0.3) is 5.65 Å². The fourth-order valence-corrected chi connectivity index (χ4v) is 1.63. The molecule has 12 heavy (non-hydrogen) atoms. The van der Waals surface area contributed by atoms with Gasteiger partial charge in [0, 0.05) is 0 Å². The maximum Gasteiger partial charge on any atom is 0.193 e. The quantitative estimate of drug-likeness (QED) is 0.713. The normalized spacial score (nSPS) is 10.9. The minimum absolute atomic E-state index is 0.352. The molecule has 0 aromatic carbocycles. The number of rotatable bonds is 0. The standard InChI is InChI=1S/C6H4BrClN4/c1-3-9-6-5(8)10-4(7)2-12(6)11-3/h2H,1H3. The molecule has 0 amide bonds. The Morgan fingerprint density at radius 3 is 3.00 bits per heavy atom. The Labute approximate surface area is 81.7 Å². The summed E-state index contributed by atoms with van der Waals surface area (Å²) in [6, 6.07) is 0. The molecule has 4 nitrogen and oxygen atoms in total. The first-order valence-corrected chi connectivity index (χ1v) is 4.39. The highest BCUT2D eigenvalue weighted by Gasteiger charge is 2.05. The summed E-state index contributed by atoms with van der Waals surface area (Å²) in [6.07, 6.45) is 1.71. The molecule has 2 heterocycles. The van der Waals surface area contributed by atoms with E-state index in [2.05, 4.69) is 31.0 Å². The fourth-order valence-electron chi connectivity index (χ4n) is 0.934. The SMILES string of the molecule is Cc1nc2c(Cl)nc(Br)cn2n1. The molecule has 0 saturated carbocycles. The molecule has 0 aliphatic heterocycles. The zero-order chi connectivity index (χ0) is 8.72. The van der Waals surface area contributed by atoms with E-state index in [0.29, 0.717) is 21.2 Å². The predicted octanol–water partition coefficient (Wildman–Crippen LogP) is 1.85. The molecular weight excluding hydrogens is 243 g/mol. The van der Waals surface area contributed by atoms with Crippen LogP contribution in [0.2, 0.25) is 5.15 Å². The Balaban J connectivity index is 2.88. The van der Waals surface area contributed by atoms with Crippen molar-refractivity contribution in [3.8, 4) is 0 Å². The van der Waals surface area contributed by atoms with E-state index in [1.807, 2.05) is 0 Å². The van der Waals surface area contributed by atoms with Gasteiger partial charge < -0.3 is 0 Å². The van der Waals surface area contributed by atoms with Crippen molar-refractivity contribution in [1.29, 1.82) is 0 Å². The summed E-state index contributed by atoms with van der Waals surface area (Å²) in [6.45, 7) is 1.80. The first-order valence-electron chi connectivity index (χ1n) is 3.22. The zero-order valence-corrected chi connectivity index (χ0v) is 8.46. The Hall–Kier alpha value is -0.680. The van der Waals surface area contributed by atoms with Gasteiger partial charge in [-0.15, -0.1) is 0 Å². The van der Waals surface area contributed by atoms with Gasteiger partial charge in [0.05, 0.1) is 6.20 Å². The molecule has 2 aromatic rings. The summed E-state index contributed by atoms with van der Waals surface area (Å²) >= 11 is 9.02. The molecule has 0 bridgehead atoms. The molecule has 0 aliphatic carbocycles. The van der Waals surface area contributed by atoms with Crippen molar-refractivity contribution in [1.82, 2.24) is 19.6 Å². The smallest absolute Gasteiger partial charge is 0.193 e. The van der Waals surface area contributed by atoms with Crippen LogP contribution in [0.1, 0.15) is 5.82 Å². The number of fused-ring (bicyclic) bond motifs is 1. The number of hydrogen-bond acceptors (Lipinski definition) is 3. The molecule has 62 valence electrons. The van der Waals surface area contributed by atoms with Crippen LogP contribution in [0, 0.1) is 6.92 Å². The molecular formula is C6H4BrClN4. The highest BCUT2D eigenvalue weighted by molar-refractivity contribution is 9.10. The highest BCUT2D eigenvalue weighted by Crippen LogP contribution is 2.16. The first-order chi connectivity index (χ1) is 5.66. The van der Waals surface area contributed by atoms with Crippen LogP contribution in [0.5, 0.6) is 0 Å². The number of aromatic nitrogens is 4. The van der Waals surface area contributed by atoms with Gasteiger partial charge in [-0.3, -0.25) is 0 Å². The van der Waals surface area contributed by atoms with E-state index in [1.54, 1.807) is 17.6 Å². The van der Waals surface area contributed by atoms with Crippen molar-refractivity contribution in [2.45, 2.75) is 6.92 Å². The average Bonchev–Trinajstić information content (AvgIpc) is 2.29. The Bertz CT molecular complexity index is 438. The van der Waals surface area contributed by atoms with Gasteiger partial charge in [0.25, 0.3) is 0 Å². The van der Waals surface area contributed by atoms with Gasteiger partial charge in [-0.05, 0) is 22.9 Å². The molecule has 2 rings (SSSR count). The second-order valence-corrected chi connectivity index (χ2v) is 3.45. The molecule has 2 aromatic heterocycles. The van der Waals surface area contributed by atoms with Crippen molar-refractivity contribution < 1.29 is 0 Å². The molecule has 0 N–H and O–H groups in total. The number of nitrogens with zero attached hydrogens (tertiary/aromatic N) is 4. The molecule has 0 fully saturated rings. The van der Waals surface area contributed by atoms with Crippen molar-refractivity contribution in [3.63, 3.8) is 0 Å². The van der Waals surface area contributed by atoms with Gasteiger partial charge in [-0.1, -0.05) is 11.6 Å². The summed E-state index contributed by atoms with van der Waals surface area (Å²) in [5, 5.41) is 4.44. The molecule has 0 radical (unpaired) electrons. The van der Waals surface area contributed by atoms with Crippen molar-refractivity contribution in [2.24, 2.45) is 0 Å². The van der Waals surface area contributed by atoms with E-state index < -0.39 is 0 Å². The van der Waals surface area contributed by atoms with Crippen molar-refractivity contribution in [3.05, 3.63) is 21.8 Å². The third-order valence-electron chi connectivity index (χ3n) is 1.36. The number of hydrogen-bond donors (Lipinski definition) is 0. The third-order valence-corrected chi connectivity index (χ3v) is 1.99. The summed E-state index contributed by atoms with van der Waals surface area (Å²) in [7, 11) is 0. The van der Waals surface area contributed by atoms with Crippen LogP contribution in [-0.2, 0) is 0 Å². The van der Waals surface area contributed by atoms with Crippen LogP contribution < -0.4 is 0 Å².